The zero-order valence-corrected chi connectivity index (χ0v) is 9.53. The van der Waals surface area contributed by atoms with Gasteiger partial charge < -0.3 is 11.1 Å². The molecular weight excluding hydrogens is 198 g/mol. The van der Waals surface area contributed by atoms with E-state index < -0.39 is 0 Å². The number of rotatable bonds is 4. The van der Waals surface area contributed by atoms with Gasteiger partial charge in [0.05, 0.1) is 11.3 Å². The molecule has 1 aliphatic carbocycles. The predicted molar refractivity (Wildman–Crippen MR) is 65.1 cm³/mol. The quantitative estimate of drug-likeness (QED) is 0.807. The fraction of sp³-hybridized carbons (Fsp3) is 0.462. The molecule has 0 radical (unpaired) electrons. The summed E-state index contributed by atoms with van der Waals surface area (Å²) in [6.07, 6.45) is 2.50. The molecule has 1 fully saturated rings. The summed E-state index contributed by atoms with van der Waals surface area (Å²) >= 11 is 0. The van der Waals surface area contributed by atoms with Crippen LogP contribution in [0.3, 0.4) is 0 Å². The first kappa shape index (κ1) is 11.0. The molecule has 1 unspecified atom stereocenters. The second-order valence-corrected chi connectivity index (χ2v) is 4.54. The highest BCUT2D eigenvalue weighted by Crippen LogP contribution is 2.31. The van der Waals surface area contributed by atoms with Crippen LogP contribution in [0.5, 0.6) is 0 Å². The predicted octanol–water partition coefficient (Wildman–Crippen LogP) is 2.02. The van der Waals surface area contributed by atoms with Crippen LogP contribution in [0.2, 0.25) is 0 Å². The molecule has 3 nitrogen and oxygen atoms in total. The number of anilines is 1. The minimum atomic E-state index is 0.216. The van der Waals surface area contributed by atoms with Crippen LogP contribution < -0.4 is 11.1 Å². The van der Waals surface area contributed by atoms with E-state index in [0.29, 0.717) is 11.5 Å². The summed E-state index contributed by atoms with van der Waals surface area (Å²) in [5.74, 6) is 0.684. The Morgan fingerprint density at radius 2 is 2.31 bits per heavy atom. The SMILES string of the molecule is Cc1ccc(NCC(N)C2CC2)c(C#N)c1. The van der Waals surface area contributed by atoms with Crippen LogP contribution in [0.25, 0.3) is 0 Å². The highest BCUT2D eigenvalue weighted by molar-refractivity contribution is 5.58. The third-order valence-corrected chi connectivity index (χ3v) is 3.05. The molecule has 0 aromatic heterocycles. The maximum absolute atomic E-state index is 9.01. The Morgan fingerprint density at radius 1 is 1.56 bits per heavy atom. The molecule has 1 aromatic carbocycles. The van der Waals surface area contributed by atoms with E-state index in [1.54, 1.807) is 0 Å². The Hall–Kier alpha value is -1.53. The lowest BCUT2D eigenvalue weighted by Gasteiger charge is -2.13. The summed E-state index contributed by atoms with van der Waals surface area (Å²) in [6.45, 7) is 2.74. The molecule has 3 heteroatoms. The molecule has 3 N–H and O–H groups in total. The summed E-state index contributed by atoms with van der Waals surface area (Å²) < 4.78 is 0. The van der Waals surface area contributed by atoms with E-state index in [0.717, 1.165) is 17.8 Å². The summed E-state index contributed by atoms with van der Waals surface area (Å²) in [7, 11) is 0. The Balaban J connectivity index is 2.00. The first-order chi connectivity index (χ1) is 7.70. The van der Waals surface area contributed by atoms with Gasteiger partial charge in [0, 0.05) is 12.6 Å². The molecule has 84 valence electrons. The Morgan fingerprint density at radius 3 is 2.94 bits per heavy atom. The highest BCUT2D eigenvalue weighted by atomic mass is 14.9. The maximum atomic E-state index is 9.01. The molecular formula is C13H17N3. The fourth-order valence-electron chi connectivity index (χ4n) is 1.82. The molecule has 0 aliphatic heterocycles. The van der Waals surface area contributed by atoms with Gasteiger partial charge in [-0.15, -0.1) is 0 Å². The van der Waals surface area contributed by atoms with Gasteiger partial charge in [0.25, 0.3) is 0 Å². The van der Waals surface area contributed by atoms with Crippen molar-refractivity contribution in [1.82, 2.24) is 0 Å². The number of nitrogens with one attached hydrogen (secondary N) is 1. The lowest BCUT2D eigenvalue weighted by atomic mass is 10.1. The van der Waals surface area contributed by atoms with Crippen LogP contribution in [-0.2, 0) is 0 Å². The van der Waals surface area contributed by atoms with Crippen LogP contribution in [0, 0.1) is 24.2 Å². The Labute approximate surface area is 96.3 Å². The van der Waals surface area contributed by atoms with Gasteiger partial charge in [0.1, 0.15) is 6.07 Å². The van der Waals surface area contributed by atoms with Gasteiger partial charge >= 0.3 is 0 Å². The van der Waals surface area contributed by atoms with Crippen molar-refractivity contribution in [3.63, 3.8) is 0 Å². The largest absolute Gasteiger partial charge is 0.382 e. The number of nitriles is 1. The molecule has 0 bridgehead atoms. The molecule has 1 aliphatic rings. The number of nitrogens with zero attached hydrogens (tertiary/aromatic N) is 1. The Kier molecular flexibility index (Phi) is 3.12. The van der Waals surface area contributed by atoms with Crippen LogP contribution in [-0.4, -0.2) is 12.6 Å². The van der Waals surface area contributed by atoms with Crippen molar-refractivity contribution in [2.75, 3.05) is 11.9 Å². The van der Waals surface area contributed by atoms with Gasteiger partial charge in [-0.1, -0.05) is 6.07 Å². The van der Waals surface area contributed by atoms with E-state index >= 15 is 0 Å². The number of hydrogen-bond acceptors (Lipinski definition) is 3. The first-order valence-corrected chi connectivity index (χ1v) is 5.71. The standard InChI is InChI=1S/C13H17N3/c1-9-2-5-13(11(6-9)7-14)16-8-12(15)10-3-4-10/h2,5-6,10,12,16H,3-4,8,15H2,1H3. The van der Waals surface area contributed by atoms with Crippen molar-refractivity contribution in [3.05, 3.63) is 29.3 Å². The van der Waals surface area contributed by atoms with E-state index in [2.05, 4.69) is 11.4 Å². The maximum Gasteiger partial charge on any atom is 0.101 e. The summed E-state index contributed by atoms with van der Waals surface area (Å²) in [5, 5.41) is 12.3. The molecule has 0 heterocycles. The van der Waals surface area contributed by atoms with Crippen LogP contribution in [0.15, 0.2) is 18.2 Å². The number of aryl methyl sites for hydroxylation is 1. The minimum absolute atomic E-state index is 0.216. The topological polar surface area (TPSA) is 61.8 Å². The summed E-state index contributed by atoms with van der Waals surface area (Å²) in [6, 6.07) is 8.27. The monoisotopic (exact) mass is 215 g/mol. The third-order valence-electron chi connectivity index (χ3n) is 3.05. The van der Waals surface area contributed by atoms with Crippen molar-refractivity contribution in [2.45, 2.75) is 25.8 Å². The van der Waals surface area contributed by atoms with Gasteiger partial charge in [-0.25, -0.2) is 0 Å². The van der Waals surface area contributed by atoms with Crippen LogP contribution >= 0.6 is 0 Å². The lowest BCUT2D eigenvalue weighted by Crippen LogP contribution is -2.31. The highest BCUT2D eigenvalue weighted by Gasteiger charge is 2.28. The zero-order valence-electron chi connectivity index (χ0n) is 9.53. The molecule has 0 saturated heterocycles. The van der Waals surface area contributed by atoms with Gasteiger partial charge in [-0.05, 0) is 43.4 Å². The first-order valence-electron chi connectivity index (χ1n) is 5.71. The van der Waals surface area contributed by atoms with E-state index in [1.807, 2.05) is 25.1 Å². The van der Waals surface area contributed by atoms with Crippen molar-refractivity contribution < 1.29 is 0 Å². The van der Waals surface area contributed by atoms with Crippen molar-refractivity contribution in [1.29, 1.82) is 5.26 Å². The van der Waals surface area contributed by atoms with Crippen LogP contribution in [0.1, 0.15) is 24.0 Å². The van der Waals surface area contributed by atoms with E-state index in [4.69, 9.17) is 11.0 Å². The second-order valence-electron chi connectivity index (χ2n) is 4.54. The lowest BCUT2D eigenvalue weighted by molar-refractivity contribution is 0.621. The van der Waals surface area contributed by atoms with Crippen molar-refractivity contribution in [3.8, 4) is 6.07 Å². The Bertz CT molecular complexity index is 416. The molecule has 1 aromatic rings. The smallest absolute Gasteiger partial charge is 0.101 e. The van der Waals surface area contributed by atoms with E-state index in [1.165, 1.54) is 12.8 Å². The normalized spacial score (nSPS) is 16.6. The fourth-order valence-corrected chi connectivity index (χ4v) is 1.82. The van der Waals surface area contributed by atoms with Crippen LogP contribution in [0.4, 0.5) is 5.69 Å². The molecule has 1 saturated carbocycles. The minimum Gasteiger partial charge on any atom is -0.382 e. The molecule has 0 amide bonds. The number of hydrogen-bond donors (Lipinski definition) is 2. The van der Waals surface area contributed by atoms with Gasteiger partial charge in [-0.3, -0.25) is 0 Å². The molecule has 2 rings (SSSR count). The average Bonchev–Trinajstić information content (AvgIpc) is 3.10. The summed E-state index contributed by atoms with van der Waals surface area (Å²) in [5.41, 5.74) is 8.70. The van der Waals surface area contributed by atoms with E-state index in [-0.39, 0.29) is 6.04 Å². The molecule has 1 atom stereocenters. The number of nitrogens with two attached hydrogens (primary N) is 1. The third kappa shape index (κ3) is 2.53. The van der Waals surface area contributed by atoms with Crippen molar-refractivity contribution in [2.24, 2.45) is 11.7 Å². The molecule has 0 spiro atoms. The number of benzene rings is 1. The van der Waals surface area contributed by atoms with Crippen molar-refractivity contribution >= 4 is 5.69 Å². The second kappa shape index (κ2) is 4.54. The molecule has 16 heavy (non-hydrogen) atoms. The van der Waals surface area contributed by atoms with Gasteiger partial charge in [-0.2, -0.15) is 5.26 Å². The van der Waals surface area contributed by atoms with Gasteiger partial charge in [0.15, 0.2) is 0 Å². The average molecular weight is 215 g/mol. The van der Waals surface area contributed by atoms with Gasteiger partial charge in [0.2, 0.25) is 0 Å². The summed E-state index contributed by atoms with van der Waals surface area (Å²) in [4.78, 5) is 0. The zero-order chi connectivity index (χ0) is 11.5. The van der Waals surface area contributed by atoms with E-state index in [9.17, 15) is 0 Å².